The van der Waals surface area contributed by atoms with Gasteiger partial charge in [-0.3, -0.25) is 4.72 Å². The number of hydrogen-bond acceptors (Lipinski definition) is 6. The summed E-state index contributed by atoms with van der Waals surface area (Å²) in [6.07, 6.45) is 1.54. The molecular formula is C14H16N4O4S. The summed E-state index contributed by atoms with van der Waals surface area (Å²) in [4.78, 5) is 4.08. The lowest BCUT2D eigenvalue weighted by molar-refractivity contribution is 0.174. The third kappa shape index (κ3) is 3.46. The maximum Gasteiger partial charge on any atom is 0.302 e. The standard InChI is InChI=1S/C14H16N4O4S/c1-18(2)23(19,20)17-14-6-4-11(8-15-14)16-10-3-5-12-13(7-10)22-9-21-12/h3-8,16H,9H2,1-2H3,(H,15,17). The van der Waals surface area contributed by atoms with E-state index in [0.717, 1.165) is 15.7 Å². The van der Waals surface area contributed by atoms with E-state index in [0.29, 0.717) is 11.5 Å². The van der Waals surface area contributed by atoms with Gasteiger partial charge in [0.2, 0.25) is 6.79 Å². The van der Waals surface area contributed by atoms with Crippen LogP contribution in [0.25, 0.3) is 0 Å². The van der Waals surface area contributed by atoms with Crippen LogP contribution in [0.4, 0.5) is 17.2 Å². The van der Waals surface area contributed by atoms with Crippen LogP contribution >= 0.6 is 0 Å². The number of nitrogens with one attached hydrogen (secondary N) is 2. The molecule has 0 amide bonds. The molecule has 0 bridgehead atoms. The van der Waals surface area contributed by atoms with E-state index in [9.17, 15) is 8.42 Å². The molecule has 1 aliphatic heterocycles. The molecule has 122 valence electrons. The molecule has 3 rings (SSSR count). The minimum absolute atomic E-state index is 0.223. The first kappa shape index (κ1) is 15.4. The Morgan fingerprint density at radius 3 is 2.52 bits per heavy atom. The van der Waals surface area contributed by atoms with E-state index in [1.807, 2.05) is 18.2 Å². The Labute approximate surface area is 134 Å². The SMILES string of the molecule is CN(C)S(=O)(=O)Nc1ccc(Nc2ccc3c(c2)OCO3)cn1. The largest absolute Gasteiger partial charge is 0.454 e. The van der Waals surface area contributed by atoms with Gasteiger partial charge in [-0.2, -0.15) is 12.7 Å². The summed E-state index contributed by atoms with van der Waals surface area (Å²) < 4.78 is 37.4. The zero-order chi connectivity index (χ0) is 16.4. The first-order valence-corrected chi connectivity index (χ1v) is 8.21. The van der Waals surface area contributed by atoms with Gasteiger partial charge in [-0.05, 0) is 24.3 Å². The molecule has 0 fully saturated rings. The summed E-state index contributed by atoms with van der Waals surface area (Å²) in [5.74, 6) is 1.63. The van der Waals surface area contributed by atoms with Gasteiger partial charge in [0.1, 0.15) is 5.82 Å². The van der Waals surface area contributed by atoms with E-state index < -0.39 is 10.2 Å². The number of hydrogen-bond donors (Lipinski definition) is 2. The smallest absolute Gasteiger partial charge is 0.302 e. The fraction of sp³-hybridized carbons (Fsp3) is 0.214. The number of ether oxygens (including phenoxy) is 2. The Bertz CT molecular complexity index is 806. The zero-order valence-corrected chi connectivity index (χ0v) is 13.4. The molecular weight excluding hydrogens is 320 g/mol. The maximum absolute atomic E-state index is 11.7. The van der Waals surface area contributed by atoms with Crippen LogP contribution in [0, 0.1) is 0 Å². The number of benzene rings is 1. The van der Waals surface area contributed by atoms with Crippen LogP contribution < -0.4 is 19.5 Å². The van der Waals surface area contributed by atoms with Crippen molar-refractivity contribution in [1.29, 1.82) is 0 Å². The first-order valence-electron chi connectivity index (χ1n) is 6.77. The summed E-state index contributed by atoms with van der Waals surface area (Å²) in [6, 6.07) is 8.81. The second-order valence-electron chi connectivity index (χ2n) is 5.01. The third-order valence-corrected chi connectivity index (χ3v) is 4.57. The lowest BCUT2D eigenvalue weighted by Crippen LogP contribution is -2.29. The number of fused-ring (bicyclic) bond motifs is 1. The monoisotopic (exact) mass is 336 g/mol. The molecule has 23 heavy (non-hydrogen) atoms. The third-order valence-electron chi connectivity index (χ3n) is 3.14. The normalized spacial score (nSPS) is 13.2. The van der Waals surface area contributed by atoms with Gasteiger partial charge in [0.05, 0.1) is 11.9 Å². The van der Waals surface area contributed by atoms with Crippen molar-refractivity contribution in [3.8, 4) is 11.5 Å². The first-order chi connectivity index (χ1) is 10.9. The van der Waals surface area contributed by atoms with Gasteiger partial charge in [0.25, 0.3) is 0 Å². The molecule has 1 aromatic heterocycles. The molecule has 0 aliphatic carbocycles. The fourth-order valence-corrected chi connectivity index (χ4v) is 2.46. The molecule has 0 saturated heterocycles. The molecule has 0 unspecified atom stereocenters. The van der Waals surface area contributed by atoms with Crippen LogP contribution in [0.1, 0.15) is 0 Å². The summed E-state index contributed by atoms with van der Waals surface area (Å²) in [7, 11) is -0.675. The van der Waals surface area contributed by atoms with E-state index >= 15 is 0 Å². The molecule has 2 aromatic rings. The zero-order valence-electron chi connectivity index (χ0n) is 12.6. The molecule has 9 heteroatoms. The van der Waals surface area contributed by atoms with Gasteiger partial charge in [-0.25, -0.2) is 4.98 Å². The van der Waals surface area contributed by atoms with Gasteiger partial charge in [0.15, 0.2) is 11.5 Å². The molecule has 0 spiro atoms. The van der Waals surface area contributed by atoms with Crippen LogP contribution in [-0.4, -0.2) is 38.6 Å². The van der Waals surface area contributed by atoms with Crippen LogP contribution in [-0.2, 0) is 10.2 Å². The van der Waals surface area contributed by atoms with Gasteiger partial charge in [0, 0.05) is 25.8 Å². The number of aromatic nitrogens is 1. The van der Waals surface area contributed by atoms with E-state index in [-0.39, 0.29) is 12.6 Å². The van der Waals surface area contributed by atoms with Crippen LogP contribution in [0.15, 0.2) is 36.5 Å². The highest BCUT2D eigenvalue weighted by molar-refractivity contribution is 7.90. The Kier molecular flexibility index (Phi) is 3.97. The van der Waals surface area contributed by atoms with E-state index in [2.05, 4.69) is 15.0 Å². The van der Waals surface area contributed by atoms with Gasteiger partial charge >= 0.3 is 10.2 Å². The van der Waals surface area contributed by atoms with Crippen molar-refractivity contribution in [2.75, 3.05) is 30.9 Å². The second-order valence-corrected chi connectivity index (χ2v) is 6.90. The average Bonchev–Trinajstić information content (AvgIpc) is 2.96. The summed E-state index contributed by atoms with van der Waals surface area (Å²) in [6.45, 7) is 0.223. The second kappa shape index (κ2) is 5.94. The molecule has 1 aliphatic rings. The van der Waals surface area contributed by atoms with E-state index in [4.69, 9.17) is 9.47 Å². The molecule has 0 saturated carbocycles. The van der Waals surface area contributed by atoms with Crippen molar-refractivity contribution in [3.05, 3.63) is 36.5 Å². The van der Waals surface area contributed by atoms with Crippen molar-refractivity contribution in [3.63, 3.8) is 0 Å². The summed E-state index contributed by atoms with van der Waals surface area (Å²) >= 11 is 0. The Balaban J connectivity index is 1.70. The number of nitrogens with zero attached hydrogens (tertiary/aromatic N) is 2. The molecule has 0 radical (unpaired) electrons. The van der Waals surface area contributed by atoms with Crippen LogP contribution in [0.3, 0.4) is 0 Å². The van der Waals surface area contributed by atoms with Gasteiger partial charge in [-0.1, -0.05) is 0 Å². The minimum atomic E-state index is -3.56. The van der Waals surface area contributed by atoms with E-state index in [1.54, 1.807) is 12.1 Å². The van der Waals surface area contributed by atoms with Crippen molar-refractivity contribution < 1.29 is 17.9 Å². The lowest BCUT2D eigenvalue weighted by Gasteiger charge is -2.13. The van der Waals surface area contributed by atoms with Crippen molar-refractivity contribution in [2.24, 2.45) is 0 Å². The fourth-order valence-electron chi connectivity index (χ4n) is 1.89. The maximum atomic E-state index is 11.7. The van der Waals surface area contributed by atoms with Crippen molar-refractivity contribution in [2.45, 2.75) is 0 Å². The predicted octanol–water partition coefficient (Wildman–Crippen LogP) is 1.77. The number of pyridine rings is 1. The summed E-state index contributed by atoms with van der Waals surface area (Å²) in [5.41, 5.74) is 1.54. The highest BCUT2D eigenvalue weighted by Gasteiger charge is 2.14. The molecule has 8 nitrogen and oxygen atoms in total. The quantitative estimate of drug-likeness (QED) is 0.864. The Morgan fingerprint density at radius 2 is 1.83 bits per heavy atom. The Hall–Kier alpha value is -2.52. The molecule has 1 aromatic carbocycles. The molecule has 2 heterocycles. The summed E-state index contributed by atoms with van der Waals surface area (Å²) in [5, 5.41) is 3.16. The number of rotatable bonds is 5. The molecule has 2 N–H and O–H groups in total. The lowest BCUT2D eigenvalue weighted by atomic mass is 10.2. The van der Waals surface area contributed by atoms with Crippen molar-refractivity contribution in [1.82, 2.24) is 9.29 Å². The van der Waals surface area contributed by atoms with Crippen LogP contribution in [0.2, 0.25) is 0 Å². The molecule has 0 atom stereocenters. The van der Waals surface area contributed by atoms with Crippen LogP contribution in [0.5, 0.6) is 11.5 Å². The highest BCUT2D eigenvalue weighted by Crippen LogP contribution is 2.35. The van der Waals surface area contributed by atoms with Crippen molar-refractivity contribution >= 4 is 27.4 Å². The highest BCUT2D eigenvalue weighted by atomic mass is 32.2. The van der Waals surface area contributed by atoms with Gasteiger partial charge in [-0.15, -0.1) is 0 Å². The van der Waals surface area contributed by atoms with Gasteiger partial charge < -0.3 is 14.8 Å². The predicted molar refractivity (Wildman–Crippen MR) is 86.3 cm³/mol. The average molecular weight is 336 g/mol. The Morgan fingerprint density at radius 1 is 1.09 bits per heavy atom. The topological polar surface area (TPSA) is 92.8 Å². The number of anilines is 3. The minimum Gasteiger partial charge on any atom is -0.454 e. The van der Waals surface area contributed by atoms with E-state index in [1.165, 1.54) is 20.3 Å².